The maximum atomic E-state index is 12.7. The predicted molar refractivity (Wildman–Crippen MR) is 126 cm³/mol. The lowest BCUT2D eigenvalue weighted by atomic mass is 9.90. The lowest BCUT2D eigenvalue weighted by Gasteiger charge is -2.19. The number of amides is 1. The van der Waals surface area contributed by atoms with Crippen molar-refractivity contribution in [3.8, 4) is 5.75 Å². The Balaban J connectivity index is 1.57. The molecule has 0 aliphatic heterocycles. The van der Waals surface area contributed by atoms with Crippen molar-refractivity contribution in [2.24, 2.45) is 0 Å². The molecule has 4 nitrogen and oxygen atoms in total. The fraction of sp³-hybridized carbons (Fsp3) is 0.160. The van der Waals surface area contributed by atoms with Crippen LogP contribution in [0.25, 0.3) is 10.9 Å². The molecule has 0 aliphatic carbocycles. The monoisotopic (exact) mass is 452 g/mol. The minimum absolute atomic E-state index is 0.0141. The van der Waals surface area contributed by atoms with Gasteiger partial charge in [0.15, 0.2) is 0 Å². The highest BCUT2D eigenvalue weighted by molar-refractivity contribution is 6.42. The van der Waals surface area contributed by atoms with Crippen LogP contribution in [0.2, 0.25) is 10.0 Å². The number of methoxy groups -OCH3 is 1. The number of aromatic amines is 1. The minimum atomic E-state index is -0.0725. The molecule has 1 heterocycles. The van der Waals surface area contributed by atoms with E-state index < -0.39 is 0 Å². The lowest BCUT2D eigenvalue weighted by Crippen LogP contribution is -2.30. The highest BCUT2D eigenvalue weighted by atomic mass is 35.5. The van der Waals surface area contributed by atoms with Crippen LogP contribution in [0, 0.1) is 0 Å². The van der Waals surface area contributed by atoms with Gasteiger partial charge < -0.3 is 15.0 Å². The van der Waals surface area contributed by atoms with Crippen LogP contribution in [0.15, 0.2) is 72.9 Å². The Morgan fingerprint density at radius 3 is 2.55 bits per heavy atom. The number of carbonyl (C=O) groups is 1. The van der Waals surface area contributed by atoms with Crippen molar-refractivity contribution in [1.82, 2.24) is 10.3 Å². The second-order valence-electron chi connectivity index (χ2n) is 7.34. The Morgan fingerprint density at radius 1 is 1.03 bits per heavy atom. The molecule has 0 radical (unpaired) electrons. The van der Waals surface area contributed by atoms with E-state index >= 15 is 0 Å². The standard InChI is InChI=1S/C25H22Cl2N2O2/c1-31-18-9-7-17(8-10-18)20(21-15-28-24-5-3-2-4-19(21)24)14-29-25(30)13-16-6-11-22(26)23(27)12-16/h2-12,15,20,28H,13-14H2,1H3,(H,29,30)/t20-/m0/s1. The molecule has 0 saturated heterocycles. The third-order valence-corrected chi connectivity index (χ3v) is 6.11. The van der Waals surface area contributed by atoms with E-state index in [2.05, 4.69) is 16.4 Å². The highest BCUT2D eigenvalue weighted by Gasteiger charge is 2.19. The Morgan fingerprint density at radius 2 is 1.81 bits per heavy atom. The summed E-state index contributed by atoms with van der Waals surface area (Å²) in [6.07, 6.45) is 2.25. The van der Waals surface area contributed by atoms with E-state index in [0.717, 1.165) is 33.3 Å². The topological polar surface area (TPSA) is 54.1 Å². The van der Waals surface area contributed by atoms with E-state index in [-0.39, 0.29) is 18.2 Å². The number of halogens is 2. The molecule has 0 saturated carbocycles. The first-order valence-electron chi connectivity index (χ1n) is 9.95. The number of fused-ring (bicyclic) bond motifs is 1. The summed E-state index contributed by atoms with van der Waals surface area (Å²) in [5.74, 6) is 0.710. The minimum Gasteiger partial charge on any atom is -0.497 e. The Bertz CT molecular complexity index is 1200. The number of para-hydroxylation sites is 1. The molecule has 1 atom stereocenters. The van der Waals surface area contributed by atoms with E-state index in [1.165, 1.54) is 0 Å². The van der Waals surface area contributed by atoms with E-state index in [1.807, 2.05) is 54.7 Å². The second kappa shape index (κ2) is 9.46. The maximum absolute atomic E-state index is 12.7. The van der Waals surface area contributed by atoms with Crippen molar-refractivity contribution in [2.75, 3.05) is 13.7 Å². The summed E-state index contributed by atoms with van der Waals surface area (Å²) in [6.45, 7) is 0.467. The van der Waals surface area contributed by atoms with Gasteiger partial charge in [-0.2, -0.15) is 0 Å². The summed E-state index contributed by atoms with van der Waals surface area (Å²) in [5.41, 5.74) is 4.12. The van der Waals surface area contributed by atoms with Gasteiger partial charge >= 0.3 is 0 Å². The summed E-state index contributed by atoms with van der Waals surface area (Å²) >= 11 is 12.0. The number of hydrogen-bond acceptors (Lipinski definition) is 2. The van der Waals surface area contributed by atoms with Crippen LogP contribution in [0.1, 0.15) is 22.6 Å². The number of hydrogen-bond donors (Lipinski definition) is 2. The molecule has 0 unspecified atom stereocenters. The third-order valence-electron chi connectivity index (χ3n) is 5.37. The van der Waals surface area contributed by atoms with Crippen LogP contribution in [-0.4, -0.2) is 24.5 Å². The Hall–Kier alpha value is -2.95. The van der Waals surface area contributed by atoms with Gasteiger partial charge in [0.1, 0.15) is 5.75 Å². The van der Waals surface area contributed by atoms with Crippen LogP contribution in [0.5, 0.6) is 5.75 Å². The Labute approximate surface area is 191 Å². The molecule has 0 spiro atoms. The number of H-pyrrole nitrogens is 1. The van der Waals surface area contributed by atoms with E-state index in [4.69, 9.17) is 27.9 Å². The van der Waals surface area contributed by atoms with Gasteiger partial charge in [0.05, 0.1) is 23.6 Å². The number of benzene rings is 3. The third kappa shape index (κ3) is 4.87. The lowest BCUT2D eigenvalue weighted by molar-refractivity contribution is -0.120. The number of rotatable bonds is 7. The molecule has 31 heavy (non-hydrogen) atoms. The largest absolute Gasteiger partial charge is 0.497 e. The van der Waals surface area contributed by atoms with Crippen molar-refractivity contribution in [2.45, 2.75) is 12.3 Å². The fourth-order valence-electron chi connectivity index (χ4n) is 3.74. The summed E-state index contributed by atoms with van der Waals surface area (Å²) in [4.78, 5) is 16.0. The molecule has 1 amide bonds. The van der Waals surface area contributed by atoms with Gasteiger partial charge in [-0.05, 0) is 47.0 Å². The molecule has 2 N–H and O–H groups in total. The zero-order valence-corrected chi connectivity index (χ0v) is 18.5. The average Bonchev–Trinajstić information content (AvgIpc) is 3.21. The van der Waals surface area contributed by atoms with Gasteiger partial charge in [-0.1, -0.05) is 59.6 Å². The summed E-state index contributed by atoms with van der Waals surface area (Å²) in [6, 6.07) is 21.4. The SMILES string of the molecule is COc1ccc([C@H](CNC(=O)Cc2ccc(Cl)c(Cl)c2)c2c[nH]c3ccccc23)cc1. The van der Waals surface area contributed by atoms with Crippen molar-refractivity contribution in [3.63, 3.8) is 0 Å². The van der Waals surface area contributed by atoms with Crippen LogP contribution >= 0.6 is 23.2 Å². The first kappa shape index (κ1) is 21.3. The zero-order valence-electron chi connectivity index (χ0n) is 17.0. The van der Waals surface area contributed by atoms with Gasteiger partial charge in [0.25, 0.3) is 0 Å². The zero-order chi connectivity index (χ0) is 21.8. The predicted octanol–water partition coefficient (Wildman–Crippen LogP) is 5.97. The quantitative estimate of drug-likeness (QED) is 0.362. The van der Waals surface area contributed by atoms with E-state index in [9.17, 15) is 4.79 Å². The highest BCUT2D eigenvalue weighted by Crippen LogP contribution is 2.31. The molecule has 158 valence electrons. The smallest absolute Gasteiger partial charge is 0.224 e. The van der Waals surface area contributed by atoms with Crippen LogP contribution in [0.4, 0.5) is 0 Å². The summed E-state index contributed by atoms with van der Waals surface area (Å²) < 4.78 is 5.30. The van der Waals surface area contributed by atoms with Gasteiger partial charge in [-0.25, -0.2) is 0 Å². The number of ether oxygens (including phenoxy) is 1. The number of nitrogens with one attached hydrogen (secondary N) is 2. The fourth-order valence-corrected chi connectivity index (χ4v) is 4.06. The maximum Gasteiger partial charge on any atom is 0.224 e. The van der Waals surface area contributed by atoms with Crippen LogP contribution in [0.3, 0.4) is 0 Å². The van der Waals surface area contributed by atoms with Crippen molar-refractivity contribution >= 4 is 40.0 Å². The van der Waals surface area contributed by atoms with Crippen molar-refractivity contribution < 1.29 is 9.53 Å². The van der Waals surface area contributed by atoms with E-state index in [0.29, 0.717) is 16.6 Å². The Kier molecular flexibility index (Phi) is 6.50. The van der Waals surface area contributed by atoms with Gasteiger partial charge in [0, 0.05) is 29.6 Å². The second-order valence-corrected chi connectivity index (χ2v) is 8.16. The van der Waals surface area contributed by atoms with Crippen LogP contribution < -0.4 is 10.1 Å². The molecule has 4 aromatic rings. The van der Waals surface area contributed by atoms with Crippen LogP contribution in [-0.2, 0) is 11.2 Å². The van der Waals surface area contributed by atoms with Crippen molar-refractivity contribution in [3.05, 3.63) is 99.7 Å². The van der Waals surface area contributed by atoms with E-state index in [1.54, 1.807) is 19.2 Å². The van der Waals surface area contributed by atoms with Gasteiger partial charge in [-0.3, -0.25) is 4.79 Å². The first-order valence-corrected chi connectivity index (χ1v) is 10.7. The van der Waals surface area contributed by atoms with Crippen molar-refractivity contribution in [1.29, 1.82) is 0 Å². The summed E-state index contributed by atoms with van der Waals surface area (Å²) in [5, 5.41) is 5.15. The number of aromatic nitrogens is 1. The molecule has 3 aromatic carbocycles. The average molecular weight is 453 g/mol. The first-order chi connectivity index (χ1) is 15.0. The molecule has 4 rings (SSSR count). The molecule has 6 heteroatoms. The molecule has 0 bridgehead atoms. The molecule has 0 aliphatic rings. The normalized spacial score (nSPS) is 12.0. The summed E-state index contributed by atoms with van der Waals surface area (Å²) in [7, 11) is 1.65. The molecular formula is C25H22Cl2N2O2. The molecule has 0 fully saturated rings. The van der Waals surface area contributed by atoms with Gasteiger partial charge in [0.2, 0.25) is 5.91 Å². The molecular weight excluding hydrogens is 431 g/mol. The number of carbonyl (C=O) groups excluding carboxylic acids is 1. The van der Waals surface area contributed by atoms with Gasteiger partial charge in [-0.15, -0.1) is 0 Å². The molecule has 1 aromatic heterocycles.